The van der Waals surface area contributed by atoms with Crippen molar-refractivity contribution in [3.8, 4) is 17.2 Å². The van der Waals surface area contributed by atoms with Gasteiger partial charge >= 0.3 is 0 Å². The Morgan fingerprint density at radius 2 is 1.88 bits per heavy atom. The first kappa shape index (κ1) is 18.7. The number of nitrogens with zero attached hydrogens (tertiary/aromatic N) is 1. The number of nitro benzene ring substituents is 1. The molecule has 24 heavy (non-hydrogen) atoms. The Morgan fingerprint density at radius 3 is 2.42 bits per heavy atom. The molecule has 0 aliphatic rings. The summed E-state index contributed by atoms with van der Waals surface area (Å²) in [6.45, 7) is 5.82. The van der Waals surface area contributed by atoms with Gasteiger partial charge in [0.05, 0.1) is 21.0 Å². The van der Waals surface area contributed by atoms with Gasteiger partial charge in [0.1, 0.15) is 11.5 Å². The SMILES string of the molecule is COc1ccc(Oc2c(Br)cc([N+](=O)[O-])c(C)c2Br)cc1C(C)C. The second-order valence-corrected chi connectivity index (χ2v) is 7.21. The summed E-state index contributed by atoms with van der Waals surface area (Å²) < 4.78 is 12.4. The Kier molecular flexibility index (Phi) is 5.87. The lowest BCUT2D eigenvalue weighted by atomic mass is 10.0. The standard InChI is InChI=1S/C17H17Br2NO4/c1-9(2)12-7-11(5-6-15(12)23-4)24-17-13(18)8-14(20(21)22)10(3)16(17)19/h5-9H,1-4H3. The second kappa shape index (κ2) is 7.53. The lowest BCUT2D eigenvalue weighted by Crippen LogP contribution is -1.98. The molecule has 0 spiro atoms. The molecular weight excluding hydrogens is 442 g/mol. The molecular formula is C17H17Br2NO4. The van der Waals surface area contributed by atoms with Crippen LogP contribution in [-0.2, 0) is 0 Å². The number of benzene rings is 2. The Bertz CT molecular complexity index is 791. The first-order valence-corrected chi connectivity index (χ1v) is 8.83. The zero-order chi connectivity index (χ0) is 18.0. The van der Waals surface area contributed by atoms with Crippen molar-refractivity contribution in [1.82, 2.24) is 0 Å². The van der Waals surface area contributed by atoms with Gasteiger partial charge in [-0.3, -0.25) is 10.1 Å². The Morgan fingerprint density at radius 1 is 1.21 bits per heavy atom. The van der Waals surface area contributed by atoms with E-state index in [2.05, 4.69) is 45.7 Å². The van der Waals surface area contributed by atoms with Crippen LogP contribution in [0.2, 0.25) is 0 Å². The largest absolute Gasteiger partial charge is 0.496 e. The average molecular weight is 459 g/mol. The van der Waals surface area contributed by atoms with Crippen LogP contribution in [0.15, 0.2) is 33.2 Å². The van der Waals surface area contributed by atoms with Gasteiger partial charge in [-0.15, -0.1) is 0 Å². The number of halogens is 2. The van der Waals surface area contributed by atoms with Gasteiger partial charge < -0.3 is 9.47 Å². The van der Waals surface area contributed by atoms with E-state index in [4.69, 9.17) is 9.47 Å². The van der Waals surface area contributed by atoms with Gasteiger partial charge in [0.25, 0.3) is 5.69 Å². The fourth-order valence-corrected chi connectivity index (χ4v) is 3.57. The highest BCUT2D eigenvalue weighted by molar-refractivity contribution is 9.11. The number of nitro groups is 1. The van der Waals surface area contributed by atoms with E-state index < -0.39 is 4.92 Å². The van der Waals surface area contributed by atoms with Crippen molar-refractivity contribution in [3.63, 3.8) is 0 Å². The van der Waals surface area contributed by atoms with Gasteiger partial charge in [0.2, 0.25) is 0 Å². The molecule has 2 rings (SSSR count). The molecule has 0 saturated carbocycles. The number of hydrogen-bond donors (Lipinski definition) is 0. The van der Waals surface area contributed by atoms with E-state index >= 15 is 0 Å². The van der Waals surface area contributed by atoms with Crippen molar-refractivity contribution in [2.24, 2.45) is 0 Å². The number of rotatable bonds is 5. The molecule has 0 aliphatic heterocycles. The molecule has 0 aliphatic carbocycles. The van der Waals surface area contributed by atoms with E-state index in [9.17, 15) is 10.1 Å². The van der Waals surface area contributed by atoms with Crippen LogP contribution in [0.1, 0.15) is 30.9 Å². The lowest BCUT2D eigenvalue weighted by molar-refractivity contribution is -0.385. The van der Waals surface area contributed by atoms with Crippen LogP contribution < -0.4 is 9.47 Å². The zero-order valence-corrected chi connectivity index (χ0v) is 16.9. The van der Waals surface area contributed by atoms with Crippen LogP contribution in [0.3, 0.4) is 0 Å². The summed E-state index contributed by atoms with van der Waals surface area (Å²) in [4.78, 5) is 10.7. The first-order valence-electron chi connectivity index (χ1n) is 7.25. The zero-order valence-electron chi connectivity index (χ0n) is 13.7. The van der Waals surface area contributed by atoms with E-state index in [0.717, 1.165) is 11.3 Å². The van der Waals surface area contributed by atoms with E-state index in [1.807, 2.05) is 12.1 Å². The second-order valence-electron chi connectivity index (χ2n) is 5.56. The summed E-state index contributed by atoms with van der Waals surface area (Å²) >= 11 is 6.75. The number of ether oxygens (including phenoxy) is 2. The summed E-state index contributed by atoms with van der Waals surface area (Å²) in [5.74, 6) is 2.21. The van der Waals surface area contributed by atoms with Crippen LogP contribution in [0.5, 0.6) is 17.2 Å². The van der Waals surface area contributed by atoms with Crippen molar-refractivity contribution in [1.29, 1.82) is 0 Å². The maximum absolute atomic E-state index is 11.1. The van der Waals surface area contributed by atoms with Crippen molar-refractivity contribution in [2.75, 3.05) is 7.11 Å². The highest BCUT2D eigenvalue weighted by Crippen LogP contribution is 2.43. The predicted molar refractivity (Wildman–Crippen MR) is 100 cm³/mol. The normalized spacial score (nSPS) is 10.8. The van der Waals surface area contributed by atoms with Gasteiger partial charge in [0.15, 0.2) is 5.75 Å². The van der Waals surface area contributed by atoms with Gasteiger partial charge in [-0.2, -0.15) is 0 Å². The Balaban J connectivity index is 2.47. The predicted octanol–water partition coefficient (Wildman–Crippen LogP) is 6.35. The van der Waals surface area contributed by atoms with Crippen molar-refractivity contribution < 1.29 is 14.4 Å². The molecule has 0 N–H and O–H groups in total. The van der Waals surface area contributed by atoms with Crippen LogP contribution in [0.4, 0.5) is 5.69 Å². The first-order chi connectivity index (χ1) is 11.3. The molecule has 2 aromatic rings. The molecule has 5 nitrogen and oxygen atoms in total. The molecule has 0 atom stereocenters. The van der Waals surface area contributed by atoms with Crippen LogP contribution in [-0.4, -0.2) is 12.0 Å². The molecule has 0 amide bonds. The summed E-state index contributed by atoms with van der Waals surface area (Å²) in [5.41, 5.74) is 1.57. The molecule has 128 valence electrons. The third kappa shape index (κ3) is 3.72. The Hall–Kier alpha value is -1.60. The topological polar surface area (TPSA) is 61.6 Å². The van der Waals surface area contributed by atoms with Crippen LogP contribution in [0, 0.1) is 17.0 Å². The molecule has 7 heteroatoms. The Labute approximate surface area is 157 Å². The van der Waals surface area contributed by atoms with E-state index in [-0.39, 0.29) is 11.6 Å². The summed E-state index contributed by atoms with van der Waals surface area (Å²) in [6.07, 6.45) is 0. The van der Waals surface area contributed by atoms with Gasteiger partial charge in [-0.1, -0.05) is 13.8 Å². The van der Waals surface area contributed by atoms with Crippen molar-refractivity contribution >= 4 is 37.5 Å². The van der Waals surface area contributed by atoms with E-state index in [1.54, 1.807) is 20.1 Å². The molecule has 0 heterocycles. The molecule has 0 saturated heterocycles. The number of hydrogen-bond acceptors (Lipinski definition) is 4. The molecule has 0 aromatic heterocycles. The fraction of sp³-hybridized carbons (Fsp3) is 0.294. The van der Waals surface area contributed by atoms with Gasteiger partial charge in [-0.05, 0) is 62.9 Å². The molecule has 0 bridgehead atoms. The third-order valence-corrected chi connectivity index (χ3v) is 5.18. The molecule has 2 aromatic carbocycles. The van der Waals surface area contributed by atoms with Crippen LogP contribution >= 0.6 is 31.9 Å². The van der Waals surface area contributed by atoms with Crippen LogP contribution in [0.25, 0.3) is 0 Å². The highest BCUT2D eigenvalue weighted by Gasteiger charge is 2.21. The summed E-state index contributed by atoms with van der Waals surface area (Å²) in [5, 5.41) is 11.1. The maximum Gasteiger partial charge on any atom is 0.274 e. The van der Waals surface area contributed by atoms with E-state index in [1.165, 1.54) is 6.07 Å². The minimum atomic E-state index is -0.418. The van der Waals surface area contributed by atoms with Gasteiger partial charge in [-0.25, -0.2) is 0 Å². The van der Waals surface area contributed by atoms with Gasteiger partial charge in [0, 0.05) is 17.2 Å². The number of methoxy groups -OCH3 is 1. The maximum atomic E-state index is 11.1. The fourth-order valence-electron chi connectivity index (χ4n) is 2.31. The van der Waals surface area contributed by atoms with E-state index in [0.29, 0.717) is 26.0 Å². The minimum Gasteiger partial charge on any atom is -0.496 e. The smallest absolute Gasteiger partial charge is 0.274 e. The van der Waals surface area contributed by atoms with Crippen molar-refractivity contribution in [2.45, 2.75) is 26.7 Å². The molecule has 0 radical (unpaired) electrons. The molecule has 0 unspecified atom stereocenters. The molecule has 0 fully saturated rings. The van der Waals surface area contributed by atoms with Crippen molar-refractivity contribution in [3.05, 3.63) is 54.5 Å². The minimum absolute atomic E-state index is 0.0266. The monoisotopic (exact) mass is 457 g/mol. The third-order valence-electron chi connectivity index (χ3n) is 3.63. The lowest BCUT2D eigenvalue weighted by Gasteiger charge is -2.16. The highest BCUT2D eigenvalue weighted by atomic mass is 79.9. The average Bonchev–Trinajstić information content (AvgIpc) is 2.54. The summed E-state index contributed by atoms with van der Waals surface area (Å²) in [7, 11) is 1.63. The quantitative estimate of drug-likeness (QED) is 0.386. The summed E-state index contributed by atoms with van der Waals surface area (Å²) in [6, 6.07) is 7.02.